The van der Waals surface area contributed by atoms with Crippen LogP contribution in [0.5, 0.6) is 5.75 Å². The van der Waals surface area contributed by atoms with Crippen molar-refractivity contribution in [1.82, 2.24) is 20.9 Å². The number of amides is 3. The monoisotopic (exact) mass is 537 g/mol. The van der Waals surface area contributed by atoms with E-state index in [4.69, 9.17) is 5.73 Å². The molecule has 1 heterocycles. The maximum Gasteiger partial charge on any atom is 0.326 e. The molecule has 39 heavy (non-hydrogen) atoms. The minimum Gasteiger partial charge on any atom is -0.508 e. The summed E-state index contributed by atoms with van der Waals surface area (Å²) in [6, 6.07) is 9.43. The van der Waals surface area contributed by atoms with Crippen LogP contribution in [-0.4, -0.2) is 63.1 Å². The minimum absolute atomic E-state index is 0.0130. The van der Waals surface area contributed by atoms with E-state index in [9.17, 15) is 29.4 Å². The Bertz CT molecular complexity index is 1320. The second-order valence-corrected chi connectivity index (χ2v) is 9.90. The van der Waals surface area contributed by atoms with Gasteiger partial charge in [-0.3, -0.25) is 14.4 Å². The van der Waals surface area contributed by atoms with E-state index in [2.05, 4.69) is 20.9 Å². The lowest BCUT2D eigenvalue weighted by Gasteiger charge is -2.26. The largest absolute Gasteiger partial charge is 0.508 e. The molecule has 4 atom stereocenters. The van der Waals surface area contributed by atoms with Crippen molar-refractivity contribution in [2.45, 2.75) is 57.8 Å². The van der Waals surface area contributed by atoms with Gasteiger partial charge in [-0.15, -0.1) is 0 Å². The van der Waals surface area contributed by atoms with Crippen molar-refractivity contribution >= 4 is 34.6 Å². The highest BCUT2D eigenvalue weighted by Gasteiger charge is 2.30. The number of hydrogen-bond acceptors (Lipinski definition) is 6. The van der Waals surface area contributed by atoms with Gasteiger partial charge >= 0.3 is 5.97 Å². The van der Waals surface area contributed by atoms with Gasteiger partial charge in [-0.25, -0.2) is 4.79 Å². The van der Waals surface area contributed by atoms with E-state index < -0.39 is 47.9 Å². The number of carbonyl (C=O) groups excluding carboxylic acids is 3. The van der Waals surface area contributed by atoms with Crippen molar-refractivity contribution in [3.63, 3.8) is 0 Å². The molecule has 0 aliphatic carbocycles. The van der Waals surface area contributed by atoms with Gasteiger partial charge in [-0.05, 0) is 48.6 Å². The van der Waals surface area contributed by atoms with Crippen molar-refractivity contribution in [3.8, 4) is 5.75 Å². The van der Waals surface area contributed by atoms with Crippen LogP contribution in [0.1, 0.15) is 31.9 Å². The number of nitrogens with two attached hydrogens (primary N) is 1. The molecule has 11 nitrogen and oxygen atoms in total. The number of phenolic OH excluding ortho intramolecular Hbond substituents is 1. The van der Waals surface area contributed by atoms with Crippen molar-refractivity contribution < 1.29 is 29.4 Å². The van der Waals surface area contributed by atoms with E-state index in [1.54, 1.807) is 32.2 Å². The smallest absolute Gasteiger partial charge is 0.326 e. The zero-order chi connectivity index (χ0) is 28.7. The SMILES string of the molecule is CC(NC(=O)C(N)Cc1c[nH]c2ccccc12)C(=O)NC(C(=O)NC(Cc1ccc(O)cc1)C(=O)O)C(C)C. The highest BCUT2D eigenvalue weighted by atomic mass is 16.4. The Kier molecular flexibility index (Phi) is 9.67. The van der Waals surface area contributed by atoms with Crippen LogP contribution in [0.15, 0.2) is 54.7 Å². The highest BCUT2D eigenvalue weighted by Crippen LogP contribution is 2.19. The molecule has 0 aliphatic rings. The molecular weight excluding hydrogens is 502 g/mol. The van der Waals surface area contributed by atoms with Gasteiger partial charge in [0, 0.05) is 23.5 Å². The van der Waals surface area contributed by atoms with E-state index in [0.29, 0.717) is 5.56 Å². The Balaban J connectivity index is 1.58. The normalized spacial score (nSPS) is 14.3. The second-order valence-electron chi connectivity index (χ2n) is 9.90. The number of aromatic hydroxyl groups is 1. The number of carboxylic acid groups (broad SMARTS) is 1. The van der Waals surface area contributed by atoms with Crippen LogP contribution >= 0.6 is 0 Å². The topological polar surface area (TPSA) is 187 Å². The summed E-state index contributed by atoms with van der Waals surface area (Å²) < 4.78 is 0. The quantitative estimate of drug-likeness (QED) is 0.181. The molecule has 0 fully saturated rings. The summed E-state index contributed by atoms with van der Waals surface area (Å²) in [5, 5.41) is 27.7. The van der Waals surface area contributed by atoms with Crippen molar-refractivity contribution in [2.75, 3.05) is 0 Å². The van der Waals surface area contributed by atoms with E-state index in [1.165, 1.54) is 19.1 Å². The molecule has 3 aromatic rings. The molecule has 208 valence electrons. The Morgan fingerprint density at radius 2 is 1.54 bits per heavy atom. The predicted molar refractivity (Wildman–Crippen MR) is 146 cm³/mol. The zero-order valence-corrected chi connectivity index (χ0v) is 22.1. The first kappa shape index (κ1) is 29.2. The lowest BCUT2D eigenvalue weighted by molar-refractivity contribution is -0.142. The number of aromatic nitrogens is 1. The zero-order valence-electron chi connectivity index (χ0n) is 22.1. The fourth-order valence-corrected chi connectivity index (χ4v) is 4.16. The Morgan fingerprint density at radius 1 is 0.872 bits per heavy atom. The Labute approximate surface area is 226 Å². The number of H-pyrrole nitrogens is 1. The van der Waals surface area contributed by atoms with Crippen LogP contribution in [0.3, 0.4) is 0 Å². The van der Waals surface area contributed by atoms with Gasteiger partial charge in [-0.2, -0.15) is 0 Å². The number of carbonyl (C=O) groups is 4. The lowest BCUT2D eigenvalue weighted by Crippen LogP contribution is -2.58. The van der Waals surface area contributed by atoms with Crippen LogP contribution in [-0.2, 0) is 32.0 Å². The number of carboxylic acids is 1. The average molecular weight is 538 g/mol. The number of hydrogen-bond donors (Lipinski definition) is 7. The number of rotatable bonds is 12. The number of fused-ring (bicyclic) bond motifs is 1. The Morgan fingerprint density at radius 3 is 2.18 bits per heavy atom. The predicted octanol–water partition coefficient (Wildman–Crippen LogP) is 1.20. The number of benzene rings is 2. The fraction of sp³-hybridized carbons (Fsp3) is 0.357. The average Bonchev–Trinajstić information content (AvgIpc) is 3.30. The van der Waals surface area contributed by atoms with Crippen LogP contribution < -0.4 is 21.7 Å². The molecule has 11 heteroatoms. The van der Waals surface area contributed by atoms with Gasteiger partial charge in [0.05, 0.1) is 6.04 Å². The lowest BCUT2D eigenvalue weighted by atomic mass is 10.0. The molecule has 0 radical (unpaired) electrons. The van der Waals surface area contributed by atoms with Crippen LogP contribution in [0, 0.1) is 5.92 Å². The number of aliphatic carboxylic acids is 1. The molecule has 3 amide bonds. The third-order valence-corrected chi connectivity index (χ3v) is 6.44. The van der Waals surface area contributed by atoms with Crippen molar-refractivity contribution in [1.29, 1.82) is 0 Å². The summed E-state index contributed by atoms with van der Waals surface area (Å²) in [6.07, 6.45) is 2.05. The maximum atomic E-state index is 13.0. The second kappa shape index (κ2) is 12.9. The van der Waals surface area contributed by atoms with Gasteiger partial charge in [0.1, 0.15) is 23.9 Å². The van der Waals surface area contributed by atoms with Crippen LogP contribution in [0.2, 0.25) is 0 Å². The van der Waals surface area contributed by atoms with Gasteiger partial charge in [0.2, 0.25) is 17.7 Å². The molecule has 0 saturated carbocycles. The van der Waals surface area contributed by atoms with E-state index >= 15 is 0 Å². The summed E-state index contributed by atoms with van der Waals surface area (Å²) in [5.74, 6) is -3.37. The molecule has 8 N–H and O–H groups in total. The summed E-state index contributed by atoms with van der Waals surface area (Å²) in [5.41, 5.74) is 8.52. The molecule has 3 rings (SSSR count). The van der Waals surface area contributed by atoms with Crippen molar-refractivity contribution in [3.05, 3.63) is 65.9 Å². The fourth-order valence-electron chi connectivity index (χ4n) is 4.16. The minimum atomic E-state index is -1.25. The maximum absolute atomic E-state index is 13.0. The number of aromatic amines is 1. The third kappa shape index (κ3) is 7.81. The number of phenols is 1. The van der Waals surface area contributed by atoms with Crippen molar-refractivity contribution in [2.24, 2.45) is 11.7 Å². The summed E-state index contributed by atoms with van der Waals surface area (Å²) in [7, 11) is 0. The standard InChI is InChI=1S/C28H35N5O6/c1-15(2)24(27(37)32-23(28(38)39)12-17-8-10-19(34)11-9-17)33-25(35)16(3)31-26(36)21(29)13-18-14-30-22-7-5-4-6-20(18)22/h4-11,14-16,21,23-24,30,34H,12-13,29H2,1-3H3,(H,31,36)(H,32,37)(H,33,35)(H,38,39). The van der Waals surface area contributed by atoms with E-state index in [1.807, 2.05) is 24.3 Å². The Hall–Kier alpha value is -4.38. The summed E-state index contributed by atoms with van der Waals surface area (Å²) in [6.45, 7) is 4.90. The molecule has 4 unspecified atom stereocenters. The molecule has 2 aromatic carbocycles. The summed E-state index contributed by atoms with van der Waals surface area (Å²) >= 11 is 0. The molecule has 1 aromatic heterocycles. The first-order valence-corrected chi connectivity index (χ1v) is 12.7. The molecule has 0 saturated heterocycles. The van der Waals surface area contributed by atoms with E-state index in [0.717, 1.165) is 16.5 Å². The number of nitrogens with one attached hydrogen (secondary N) is 4. The van der Waals surface area contributed by atoms with Crippen LogP contribution in [0.25, 0.3) is 10.9 Å². The van der Waals surface area contributed by atoms with E-state index in [-0.39, 0.29) is 24.5 Å². The van der Waals surface area contributed by atoms with Gasteiger partial charge in [-0.1, -0.05) is 44.2 Å². The first-order chi connectivity index (χ1) is 18.5. The van der Waals surface area contributed by atoms with Gasteiger partial charge < -0.3 is 36.9 Å². The van der Waals surface area contributed by atoms with Gasteiger partial charge in [0.25, 0.3) is 0 Å². The first-order valence-electron chi connectivity index (χ1n) is 12.7. The number of para-hydroxylation sites is 1. The molecule has 0 spiro atoms. The third-order valence-electron chi connectivity index (χ3n) is 6.44. The molecule has 0 bridgehead atoms. The highest BCUT2D eigenvalue weighted by molar-refractivity contribution is 5.94. The molecular formula is C28H35N5O6. The molecule has 0 aliphatic heterocycles. The van der Waals surface area contributed by atoms with Crippen LogP contribution in [0.4, 0.5) is 0 Å². The van der Waals surface area contributed by atoms with Gasteiger partial charge in [0.15, 0.2) is 0 Å². The summed E-state index contributed by atoms with van der Waals surface area (Å²) in [4.78, 5) is 53.5.